The van der Waals surface area contributed by atoms with Crippen LogP contribution in [-0.4, -0.2) is 11.7 Å². The van der Waals surface area contributed by atoms with Crippen LogP contribution < -0.4 is 9.47 Å². The van der Waals surface area contributed by atoms with Crippen molar-refractivity contribution < 1.29 is 14.6 Å². The lowest BCUT2D eigenvalue weighted by Gasteiger charge is -2.15. The van der Waals surface area contributed by atoms with Gasteiger partial charge >= 0.3 is 0 Å². The smallest absolute Gasteiger partial charge is 0.143 e. The number of phenols is 1. The summed E-state index contributed by atoms with van der Waals surface area (Å²) in [6.07, 6.45) is 11.8. The summed E-state index contributed by atoms with van der Waals surface area (Å²) in [5, 5.41) is 14.0. The van der Waals surface area contributed by atoms with E-state index in [1.54, 1.807) is 23.5 Å². The number of hydrogen-bond acceptors (Lipinski definition) is 4. The maximum atomic E-state index is 9.96. The molecule has 0 saturated carbocycles. The van der Waals surface area contributed by atoms with E-state index in [1.165, 1.54) is 61.8 Å². The van der Waals surface area contributed by atoms with Gasteiger partial charge in [0.05, 0.1) is 6.61 Å². The van der Waals surface area contributed by atoms with Gasteiger partial charge in [0.15, 0.2) is 0 Å². The molecule has 0 saturated heterocycles. The van der Waals surface area contributed by atoms with E-state index >= 15 is 0 Å². The van der Waals surface area contributed by atoms with Gasteiger partial charge in [-0.2, -0.15) is 0 Å². The van der Waals surface area contributed by atoms with Gasteiger partial charge in [0.2, 0.25) is 0 Å². The lowest BCUT2D eigenvalue weighted by Crippen LogP contribution is -1.97. The number of ether oxygens (including phenoxy) is 2. The molecule has 0 radical (unpaired) electrons. The third-order valence-corrected chi connectivity index (χ3v) is 7.51. The van der Waals surface area contributed by atoms with Crippen LogP contribution in [0.1, 0.15) is 69.6 Å². The topological polar surface area (TPSA) is 38.7 Å². The second-order valence-corrected chi connectivity index (χ2v) is 10.6. The Morgan fingerprint density at radius 1 is 0.722 bits per heavy atom. The molecule has 4 heteroatoms. The average molecular weight is 503 g/mol. The molecular weight excluding hydrogens is 464 g/mol. The van der Waals surface area contributed by atoms with Crippen molar-refractivity contribution in [2.24, 2.45) is 0 Å². The van der Waals surface area contributed by atoms with Crippen LogP contribution in [0, 0.1) is 6.92 Å². The van der Waals surface area contributed by atoms with E-state index in [-0.39, 0.29) is 5.75 Å². The summed E-state index contributed by atoms with van der Waals surface area (Å²) in [5.41, 5.74) is 2.23. The summed E-state index contributed by atoms with van der Waals surface area (Å²) in [6.45, 7) is 5.15. The second kappa shape index (κ2) is 13.4. The normalized spacial score (nSPS) is 11.2. The first-order valence-corrected chi connectivity index (χ1v) is 14.2. The quantitative estimate of drug-likeness (QED) is 0.174. The molecular formula is C32H38O3S. The molecule has 3 nitrogen and oxygen atoms in total. The van der Waals surface area contributed by atoms with Crippen molar-refractivity contribution in [1.29, 1.82) is 0 Å². The molecule has 3 aromatic carbocycles. The fourth-order valence-corrected chi connectivity index (χ4v) is 5.31. The Morgan fingerprint density at radius 3 is 2.11 bits per heavy atom. The monoisotopic (exact) mass is 502 g/mol. The minimum atomic E-state index is 0.251. The second-order valence-electron chi connectivity index (χ2n) is 9.49. The molecule has 0 aliphatic carbocycles. The first kappa shape index (κ1) is 26.1. The van der Waals surface area contributed by atoms with Gasteiger partial charge < -0.3 is 14.6 Å². The molecule has 0 aliphatic heterocycles. The number of aryl methyl sites for hydroxylation is 1. The Kier molecular flexibility index (Phi) is 9.68. The van der Waals surface area contributed by atoms with Gasteiger partial charge in [0, 0.05) is 15.8 Å². The number of hydrogen-bond donors (Lipinski definition) is 1. The van der Waals surface area contributed by atoms with Crippen LogP contribution in [0.5, 0.6) is 23.0 Å². The van der Waals surface area contributed by atoms with Gasteiger partial charge in [-0.25, -0.2) is 0 Å². The zero-order chi connectivity index (χ0) is 25.2. The van der Waals surface area contributed by atoms with Crippen LogP contribution in [0.2, 0.25) is 0 Å². The van der Waals surface area contributed by atoms with Crippen LogP contribution in [0.15, 0.2) is 66.0 Å². The summed E-state index contributed by atoms with van der Waals surface area (Å²) < 4.78 is 12.4. The summed E-state index contributed by atoms with van der Waals surface area (Å²) in [6, 6.07) is 19.6. The van der Waals surface area contributed by atoms with Crippen LogP contribution in [0.4, 0.5) is 0 Å². The van der Waals surface area contributed by atoms with Gasteiger partial charge in [-0.1, -0.05) is 64.4 Å². The van der Waals surface area contributed by atoms with Crippen LogP contribution >= 0.6 is 11.3 Å². The molecule has 1 aromatic heterocycles. The first-order valence-electron chi connectivity index (χ1n) is 13.4. The Bertz CT molecular complexity index is 1230. The lowest BCUT2D eigenvalue weighted by molar-refractivity contribution is 0.304. The SMILES string of the molecule is CCCCCCCCCCCOc1ccc(Oc2c(-c3ccsc3C)ccc3cc(O)ccc23)cc1. The van der Waals surface area contributed by atoms with Gasteiger partial charge in [-0.05, 0) is 84.3 Å². The largest absolute Gasteiger partial charge is 0.508 e. The van der Waals surface area contributed by atoms with E-state index < -0.39 is 0 Å². The molecule has 0 spiro atoms. The van der Waals surface area contributed by atoms with Gasteiger partial charge in [-0.15, -0.1) is 11.3 Å². The maximum Gasteiger partial charge on any atom is 0.143 e. The molecule has 0 unspecified atom stereocenters. The number of phenolic OH excluding ortho intramolecular Hbond substituents is 1. The minimum absolute atomic E-state index is 0.251. The Morgan fingerprint density at radius 2 is 1.42 bits per heavy atom. The summed E-state index contributed by atoms with van der Waals surface area (Å²) in [4.78, 5) is 1.25. The summed E-state index contributed by atoms with van der Waals surface area (Å²) >= 11 is 1.73. The number of thiophene rings is 1. The van der Waals surface area contributed by atoms with Crippen LogP contribution in [0.25, 0.3) is 21.9 Å². The lowest BCUT2D eigenvalue weighted by atomic mass is 10.00. The molecule has 0 amide bonds. The first-order chi connectivity index (χ1) is 17.7. The predicted octanol–water partition coefficient (Wildman–Crippen LogP) is 10.3. The van der Waals surface area contributed by atoms with Crippen molar-refractivity contribution in [3.8, 4) is 34.1 Å². The fourth-order valence-electron chi connectivity index (χ4n) is 4.60. The Balaban J connectivity index is 1.35. The molecule has 0 aliphatic rings. The molecule has 4 aromatic rings. The van der Waals surface area contributed by atoms with Gasteiger partial charge in [0.25, 0.3) is 0 Å². The molecule has 4 rings (SSSR count). The van der Waals surface area contributed by atoms with Crippen molar-refractivity contribution in [2.75, 3.05) is 6.61 Å². The van der Waals surface area contributed by atoms with E-state index in [1.807, 2.05) is 36.4 Å². The number of unbranched alkanes of at least 4 members (excludes halogenated alkanes) is 8. The highest BCUT2D eigenvalue weighted by molar-refractivity contribution is 7.10. The zero-order valence-corrected chi connectivity index (χ0v) is 22.4. The Labute approximate surface area is 219 Å². The third-order valence-electron chi connectivity index (χ3n) is 6.66. The molecule has 0 atom stereocenters. The summed E-state index contributed by atoms with van der Waals surface area (Å²) in [5.74, 6) is 2.69. The van der Waals surface area contributed by atoms with Crippen molar-refractivity contribution in [3.05, 3.63) is 70.9 Å². The van der Waals surface area contributed by atoms with Gasteiger partial charge in [0.1, 0.15) is 23.0 Å². The van der Waals surface area contributed by atoms with Crippen molar-refractivity contribution in [2.45, 2.75) is 71.6 Å². The van der Waals surface area contributed by atoms with E-state index in [2.05, 4.69) is 31.4 Å². The van der Waals surface area contributed by atoms with Crippen molar-refractivity contribution in [3.63, 3.8) is 0 Å². The van der Waals surface area contributed by atoms with Crippen molar-refractivity contribution in [1.82, 2.24) is 0 Å². The molecule has 1 heterocycles. The number of benzene rings is 3. The molecule has 0 fully saturated rings. The summed E-state index contributed by atoms with van der Waals surface area (Å²) in [7, 11) is 0. The zero-order valence-electron chi connectivity index (χ0n) is 21.6. The van der Waals surface area contributed by atoms with E-state index in [4.69, 9.17) is 9.47 Å². The predicted molar refractivity (Wildman–Crippen MR) is 153 cm³/mol. The van der Waals surface area contributed by atoms with E-state index in [9.17, 15) is 5.11 Å². The Hall–Kier alpha value is -2.98. The van der Waals surface area contributed by atoms with E-state index in [0.29, 0.717) is 0 Å². The highest BCUT2D eigenvalue weighted by atomic mass is 32.1. The molecule has 36 heavy (non-hydrogen) atoms. The standard InChI is InChI=1S/C32H38O3S/c1-3-4-5-6-7-8-9-10-11-21-34-27-14-16-28(17-15-27)35-32-30-19-13-26(33)23-25(30)12-18-31(32)29-20-22-36-24(29)2/h12-20,22-23,33H,3-11,21H2,1-2H3. The van der Waals surface area contributed by atoms with E-state index in [0.717, 1.165) is 46.6 Å². The van der Waals surface area contributed by atoms with Gasteiger partial charge in [-0.3, -0.25) is 0 Å². The van der Waals surface area contributed by atoms with Crippen LogP contribution in [0.3, 0.4) is 0 Å². The number of rotatable bonds is 14. The number of aromatic hydroxyl groups is 1. The fraction of sp³-hybridized carbons (Fsp3) is 0.375. The molecule has 0 bridgehead atoms. The average Bonchev–Trinajstić information content (AvgIpc) is 3.31. The van der Waals surface area contributed by atoms with Crippen LogP contribution in [-0.2, 0) is 0 Å². The third kappa shape index (κ3) is 7.04. The maximum absolute atomic E-state index is 9.96. The minimum Gasteiger partial charge on any atom is -0.508 e. The van der Waals surface area contributed by atoms with Crippen molar-refractivity contribution >= 4 is 22.1 Å². The molecule has 1 N–H and O–H groups in total. The number of fused-ring (bicyclic) bond motifs is 1. The highest BCUT2D eigenvalue weighted by Gasteiger charge is 2.15. The highest BCUT2D eigenvalue weighted by Crippen LogP contribution is 2.42. The molecule has 190 valence electrons.